The monoisotopic (exact) mass is 232 g/mol. The van der Waals surface area contributed by atoms with E-state index in [9.17, 15) is 5.11 Å². The Kier molecular flexibility index (Phi) is 3.31. The number of hydrogen-bond donors (Lipinski definition) is 2. The van der Waals surface area contributed by atoms with Crippen LogP contribution in [0.5, 0.6) is 5.75 Å². The van der Waals surface area contributed by atoms with Crippen molar-refractivity contribution in [2.75, 3.05) is 5.73 Å². The fourth-order valence-electron chi connectivity index (χ4n) is 1.31. The van der Waals surface area contributed by atoms with Gasteiger partial charge in [0.15, 0.2) is 0 Å². The van der Waals surface area contributed by atoms with Gasteiger partial charge in [0.25, 0.3) is 0 Å². The Morgan fingerprint density at radius 1 is 1.25 bits per heavy atom. The average Bonchev–Trinajstić information content (AvgIpc) is 2.28. The zero-order valence-corrected chi connectivity index (χ0v) is 9.45. The molecule has 0 radical (unpaired) electrons. The fraction of sp³-hybridized carbons (Fsp3) is 0.0833. The number of pyridine rings is 1. The van der Waals surface area contributed by atoms with Gasteiger partial charge in [-0.25, -0.2) is 4.98 Å². The van der Waals surface area contributed by atoms with E-state index in [0.29, 0.717) is 5.82 Å². The molecule has 0 amide bonds. The lowest BCUT2D eigenvalue weighted by molar-refractivity contribution is 0.474. The molecule has 0 spiro atoms. The van der Waals surface area contributed by atoms with Crippen LogP contribution in [0.1, 0.15) is 5.56 Å². The first-order valence-electron chi connectivity index (χ1n) is 4.87. The van der Waals surface area contributed by atoms with Crippen molar-refractivity contribution in [3.8, 4) is 5.75 Å². The van der Waals surface area contributed by atoms with Crippen molar-refractivity contribution in [3.05, 3.63) is 48.2 Å². The van der Waals surface area contributed by atoms with Gasteiger partial charge in [0, 0.05) is 22.4 Å². The molecule has 1 aromatic carbocycles. The first kappa shape index (κ1) is 10.8. The van der Waals surface area contributed by atoms with E-state index >= 15 is 0 Å². The Hall–Kier alpha value is -1.68. The summed E-state index contributed by atoms with van der Waals surface area (Å²) in [5.41, 5.74) is 6.75. The van der Waals surface area contributed by atoms with E-state index in [0.717, 1.165) is 16.2 Å². The van der Waals surface area contributed by atoms with E-state index < -0.39 is 0 Å². The predicted octanol–water partition coefficient (Wildman–Crippen LogP) is 2.66. The lowest BCUT2D eigenvalue weighted by atomic mass is 10.3. The number of phenolic OH excluding ortho intramolecular Hbond substituents is 1. The number of nitrogen functional groups attached to an aromatic ring is 1. The van der Waals surface area contributed by atoms with E-state index in [1.165, 1.54) is 0 Å². The quantitative estimate of drug-likeness (QED) is 0.799. The number of phenols is 1. The van der Waals surface area contributed by atoms with Crippen molar-refractivity contribution < 1.29 is 5.11 Å². The standard InChI is InChI=1S/C12H12N2OS/c13-12-9(3-2-6-14-12)8-16-11-5-1-4-10(15)7-11/h1-7,15H,8H2,(H2,13,14). The summed E-state index contributed by atoms with van der Waals surface area (Å²) in [7, 11) is 0. The van der Waals surface area contributed by atoms with Crippen LogP contribution in [0.25, 0.3) is 0 Å². The van der Waals surface area contributed by atoms with Gasteiger partial charge in [-0.15, -0.1) is 11.8 Å². The maximum absolute atomic E-state index is 9.31. The van der Waals surface area contributed by atoms with E-state index in [1.54, 1.807) is 30.1 Å². The molecule has 0 saturated heterocycles. The Labute approximate surface area is 98.3 Å². The summed E-state index contributed by atoms with van der Waals surface area (Å²) < 4.78 is 0. The maximum Gasteiger partial charge on any atom is 0.127 e. The molecule has 0 aliphatic rings. The topological polar surface area (TPSA) is 59.1 Å². The molecule has 16 heavy (non-hydrogen) atoms. The molecular weight excluding hydrogens is 220 g/mol. The van der Waals surface area contributed by atoms with Crippen LogP contribution in [0.15, 0.2) is 47.5 Å². The van der Waals surface area contributed by atoms with Crippen LogP contribution < -0.4 is 5.73 Å². The van der Waals surface area contributed by atoms with Gasteiger partial charge < -0.3 is 10.8 Å². The van der Waals surface area contributed by atoms with Crippen LogP contribution in [-0.2, 0) is 5.75 Å². The normalized spacial score (nSPS) is 10.2. The molecule has 0 bridgehead atoms. The second kappa shape index (κ2) is 4.90. The average molecular weight is 232 g/mol. The minimum Gasteiger partial charge on any atom is -0.508 e. The lowest BCUT2D eigenvalue weighted by Gasteiger charge is -2.04. The number of nitrogens with two attached hydrogens (primary N) is 1. The molecule has 82 valence electrons. The highest BCUT2D eigenvalue weighted by atomic mass is 32.2. The minimum atomic E-state index is 0.282. The van der Waals surface area contributed by atoms with Crippen LogP contribution in [0.2, 0.25) is 0 Å². The number of aromatic nitrogens is 1. The van der Waals surface area contributed by atoms with Crippen molar-refractivity contribution in [3.63, 3.8) is 0 Å². The van der Waals surface area contributed by atoms with Gasteiger partial charge in [0.1, 0.15) is 11.6 Å². The molecule has 2 rings (SSSR count). The third-order valence-corrected chi connectivity index (χ3v) is 3.18. The molecule has 1 aromatic heterocycles. The number of rotatable bonds is 3. The van der Waals surface area contributed by atoms with Gasteiger partial charge in [0.2, 0.25) is 0 Å². The summed E-state index contributed by atoms with van der Waals surface area (Å²) >= 11 is 1.62. The van der Waals surface area contributed by atoms with Crippen LogP contribution in [0.4, 0.5) is 5.82 Å². The molecule has 4 heteroatoms. The Balaban J connectivity index is 2.05. The van der Waals surface area contributed by atoms with Gasteiger partial charge in [-0.3, -0.25) is 0 Å². The zero-order valence-electron chi connectivity index (χ0n) is 8.63. The summed E-state index contributed by atoms with van der Waals surface area (Å²) in [4.78, 5) is 5.04. The van der Waals surface area contributed by atoms with Crippen molar-refractivity contribution in [1.82, 2.24) is 4.98 Å². The lowest BCUT2D eigenvalue weighted by Crippen LogP contribution is -1.94. The third kappa shape index (κ3) is 2.67. The highest BCUT2D eigenvalue weighted by molar-refractivity contribution is 7.98. The Morgan fingerprint density at radius 3 is 2.88 bits per heavy atom. The zero-order chi connectivity index (χ0) is 11.4. The SMILES string of the molecule is Nc1ncccc1CSc1cccc(O)c1. The number of benzene rings is 1. The van der Waals surface area contributed by atoms with Gasteiger partial charge in [-0.05, 0) is 24.3 Å². The van der Waals surface area contributed by atoms with Crippen LogP contribution >= 0.6 is 11.8 Å². The third-order valence-electron chi connectivity index (χ3n) is 2.14. The molecule has 3 nitrogen and oxygen atoms in total. The first-order chi connectivity index (χ1) is 7.75. The fourth-order valence-corrected chi connectivity index (χ4v) is 2.25. The number of thioether (sulfide) groups is 1. The molecule has 3 N–H and O–H groups in total. The summed E-state index contributed by atoms with van der Waals surface area (Å²) in [5, 5.41) is 9.31. The number of hydrogen-bond acceptors (Lipinski definition) is 4. The molecule has 0 aliphatic carbocycles. The van der Waals surface area contributed by atoms with E-state index in [4.69, 9.17) is 5.73 Å². The van der Waals surface area contributed by atoms with Crippen molar-refractivity contribution in [2.24, 2.45) is 0 Å². The largest absolute Gasteiger partial charge is 0.508 e. The molecule has 0 unspecified atom stereocenters. The molecular formula is C12H12N2OS. The van der Waals surface area contributed by atoms with Gasteiger partial charge >= 0.3 is 0 Å². The van der Waals surface area contributed by atoms with Crippen molar-refractivity contribution >= 4 is 17.6 Å². The second-order valence-corrected chi connectivity index (χ2v) is 4.38. The molecule has 1 heterocycles. The molecule has 0 fully saturated rings. The van der Waals surface area contributed by atoms with E-state index in [2.05, 4.69) is 4.98 Å². The van der Waals surface area contributed by atoms with E-state index in [-0.39, 0.29) is 5.75 Å². The van der Waals surface area contributed by atoms with Gasteiger partial charge in [-0.2, -0.15) is 0 Å². The predicted molar refractivity (Wildman–Crippen MR) is 66.3 cm³/mol. The van der Waals surface area contributed by atoms with Crippen LogP contribution in [-0.4, -0.2) is 10.1 Å². The molecule has 2 aromatic rings. The maximum atomic E-state index is 9.31. The van der Waals surface area contributed by atoms with Crippen molar-refractivity contribution in [2.45, 2.75) is 10.6 Å². The molecule has 0 saturated carbocycles. The Morgan fingerprint density at radius 2 is 2.12 bits per heavy atom. The minimum absolute atomic E-state index is 0.282. The highest BCUT2D eigenvalue weighted by Gasteiger charge is 2.01. The first-order valence-corrected chi connectivity index (χ1v) is 5.85. The number of aromatic hydroxyl groups is 1. The molecule has 0 aliphatic heterocycles. The van der Waals surface area contributed by atoms with Gasteiger partial charge in [-0.1, -0.05) is 12.1 Å². The molecule has 0 atom stereocenters. The number of anilines is 1. The van der Waals surface area contributed by atoms with Gasteiger partial charge in [0.05, 0.1) is 0 Å². The van der Waals surface area contributed by atoms with Crippen molar-refractivity contribution in [1.29, 1.82) is 0 Å². The summed E-state index contributed by atoms with van der Waals surface area (Å²) in [5.74, 6) is 1.60. The number of nitrogens with zero attached hydrogens (tertiary/aromatic N) is 1. The van der Waals surface area contributed by atoms with Crippen LogP contribution in [0.3, 0.4) is 0 Å². The highest BCUT2D eigenvalue weighted by Crippen LogP contribution is 2.26. The second-order valence-electron chi connectivity index (χ2n) is 3.33. The Bertz CT molecular complexity index is 488. The van der Waals surface area contributed by atoms with E-state index in [1.807, 2.05) is 24.3 Å². The summed E-state index contributed by atoms with van der Waals surface area (Å²) in [6, 6.07) is 11.0. The summed E-state index contributed by atoms with van der Waals surface area (Å²) in [6.07, 6.45) is 1.68. The summed E-state index contributed by atoms with van der Waals surface area (Å²) in [6.45, 7) is 0. The van der Waals surface area contributed by atoms with Crippen LogP contribution in [0, 0.1) is 0 Å². The smallest absolute Gasteiger partial charge is 0.127 e.